The van der Waals surface area contributed by atoms with E-state index < -0.39 is 29.6 Å². The first-order chi connectivity index (χ1) is 20.1. The van der Waals surface area contributed by atoms with Crippen LogP contribution in [-0.4, -0.2) is 53.0 Å². The molecule has 2 aromatic carbocycles. The molecule has 0 aromatic heterocycles. The molecule has 2 N–H and O–H groups in total. The number of amides is 3. The number of carbonyl (C=O) groups excluding carboxylic acids is 3. The Morgan fingerprint density at radius 1 is 1.00 bits per heavy atom. The van der Waals surface area contributed by atoms with Crippen LogP contribution in [0.1, 0.15) is 38.7 Å². The second-order valence-electron chi connectivity index (χ2n) is 12.1. The van der Waals surface area contributed by atoms with Crippen molar-refractivity contribution in [3.63, 3.8) is 0 Å². The summed E-state index contributed by atoms with van der Waals surface area (Å²) >= 11 is 18.4. The molecule has 6 unspecified atom stereocenters. The van der Waals surface area contributed by atoms with Crippen LogP contribution in [0.15, 0.2) is 54.6 Å². The molecule has 3 heterocycles. The number of fused-ring (bicyclic) bond motifs is 1. The number of ether oxygens (including phenoxy) is 1. The van der Waals surface area contributed by atoms with E-state index in [1.165, 1.54) is 0 Å². The van der Waals surface area contributed by atoms with Crippen LogP contribution < -0.4 is 10.6 Å². The average Bonchev–Trinajstić information content (AvgIpc) is 3.57. The smallest absolute Gasteiger partial charge is 0.246 e. The number of halogens is 3. The fourth-order valence-corrected chi connectivity index (χ4v) is 7.96. The van der Waals surface area contributed by atoms with E-state index in [0.717, 1.165) is 24.8 Å². The summed E-state index contributed by atoms with van der Waals surface area (Å²) in [6.07, 6.45) is 6.62. The lowest BCUT2D eigenvalue weighted by molar-refractivity contribution is -0.141. The normalized spacial score (nSPS) is 33.1. The summed E-state index contributed by atoms with van der Waals surface area (Å²) in [6, 6.07) is 11.3. The summed E-state index contributed by atoms with van der Waals surface area (Å²) in [5.41, 5.74) is 0.185. The Hall–Kier alpha value is -2.58. The first kappa shape index (κ1) is 29.5. The van der Waals surface area contributed by atoms with Crippen LogP contribution in [0.3, 0.4) is 0 Å². The minimum absolute atomic E-state index is 0.0131. The molecule has 0 radical (unpaired) electrons. The second kappa shape index (κ2) is 11.5. The van der Waals surface area contributed by atoms with E-state index in [1.54, 1.807) is 23.1 Å². The van der Waals surface area contributed by atoms with Gasteiger partial charge >= 0.3 is 0 Å². The molecule has 2 bridgehead atoms. The third-order valence-corrected chi connectivity index (χ3v) is 10.3. The van der Waals surface area contributed by atoms with E-state index in [1.807, 2.05) is 36.4 Å². The maximum Gasteiger partial charge on any atom is 0.246 e. The number of hydrogen-bond donors (Lipinski definition) is 2. The van der Waals surface area contributed by atoms with Crippen molar-refractivity contribution in [2.24, 2.45) is 23.7 Å². The Morgan fingerprint density at radius 2 is 1.71 bits per heavy atom. The molecule has 1 aliphatic carbocycles. The third kappa shape index (κ3) is 5.23. The van der Waals surface area contributed by atoms with Crippen LogP contribution in [0.2, 0.25) is 15.1 Å². The minimum atomic E-state index is -1.23. The lowest BCUT2D eigenvalue weighted by Crippen LogP contribution is -2.58. The molecule has 8 atom stereocenters. The Balaban J connectivity index is 1.30. The van der Waals surface area contributed by atoms with Crippen LogP contribution in [0.25, 0.3) is 0 Å². The summed E-state index contributed by atoms with van der Waals surface area (Å²) in [7, 11) is 0. The van der Waals surface area contributed by atoms with E-state index in [-0.39, 0.29) is 23.8 Å². The Bertz CT molecular complexity index is 1410. The molecule has 3 amide bonds. The standard InChI is InChI=1S/C32H34Cl3N3O4/c1-17-4-3-5-24(18(17)2)37-30(40)28-32-12-10-25(42-32)26(29(39)36-23-15-21(34)14-22(35)16-23)27(32)31(41)38(28)13-11-19-6-8-20(33)9-7-19/h6-10,12,14-18,24-28H,3-5,11,13H2,1-2H3,(H,36,39)(H,37,40)/t17?,18?,24?,25-,26?,27-,28?,32?/m0/s1. The first-order valence-corrected chi connectivity index (χ1v) is 15.7. The summed E-state index contributed by atoms with van der Waals surface area (Å²) in [4.78, 5) is 43.7. The largest absolute Gasteiger partial charge is 0.359 e. The van der Waals surface area contributed by atoms with E-state index in [9.17, 15) is 14.4 Å². The van der Waals surface area contributed by atoms with Crippen molar-refractivity contribution in [1.82, 2.24) is 10.2 Å². The lowest BCUT2D eigenvalue weighted by Gasteiger charge is -2.38. The Kier molecular flexibility index (Phi) is 8.07. The highest BCUT2D eigenvalue weighted by Crippen LogP contribution is 2.55. The maximum atomic E-state index is 14.2. The second-order valence-corrected chi connectivity index (χ2v) is 13.4. The van der Waals surface area contributed by atoms with Crippen LogP contribution in [-0.2, 0) is 25.5 Å². The van der Waals surface area contributed by atoms with Gasteiger partial charge in [0.25, 0.3) is 0 Å². The van der Waals surface area contributed by atoms with E-state index >= 15 is 0 Å². The van der Waals surface area contributed by atoms with Gasteiger partial charge in [-0.25, -0.2) is 0 Å². The van der Waals surface area contributed by atoms with Gasteiger partial charge in [0.2, 0.25) is 17.7 Å². The molecule has 42 heavy (non-hydrogen) atoms. The number of benzene rings is 2. The molecule has 2 saturated heterocycles. The lowest BCUT2D eigenvalue weighted by atomic mass is 9.73. The first-order valence-electron chi connectivity index (χ1n) is 14.6. The highest BCUT2D eigenvalue weighted by molar-refractivity contribution is 6.35. The molecule has 6 rings (SSSR count). The highest BCUT2D eigenvalue weighted by Gasteiger charge is 2.72. The maximum absolute atomic E-state index is 14.2. The number of carbonyl (C=O) groups is 3. The Labute approximate surface area is 260 Å². The van der Waals surface area contributed by atoms with E-state index in [4.69, 9.17) is 39.5 Å². The van der Waals surface area contributed by atoms with Gasteiger partial charge in [-0.1, -0.05) is 85.8 Å². The predicted octanol–water partition coefficient (Wildman–Crippen LogP) is 5.92. The SMILES string of the molecule is CC1CCCC(NC(=O)C2N(CCc3ccc(Cl)cc3)C(=O)[C@@H]3C(C(=O)Nc4cc(Cl)cc(Cl)c4)[C@@H]4C=CC23O4)C1C. The van der Waals surface area contributed by atoms with E-state index in [0.29, 0.717) is 45.6 Å². The number of rotatable bonds is 7. The minimum Gasteiger partial charge on any atom is -0.359 e. The molecular formula is C32H34Cl3N3O4. The van der Waals surface area contributed by atoms with Gasteiger partial charge in [0, 0.05) is 33.3 Å². The van der Waals surface area contributed by atoms with Crippen LogP contribution in [0.5, 0.6) is 0 Å². The molecule has 4 aliphatic rings. The molecule has 7 nitrogen and oxygen atoms in total. The van der Waals surface area contributed by atoms with Gasteiger partial charge in [-0.05, 0) is 60.6 Å². The number of hydrogen-bond acceptors (Lipinski definition) is 4. The zero-order valence-corrected chi connectivity index (χ0v) is 25.8. The number of nitrogens with one attached hydrogen (secondary N) is 2. The van der Waals surface area contributed by atoms with Crippen LogP contribution in [0, 0.1) is 23.7 Å². The number of nitrogens with zero attached hydrogens (tertiary/aromatic N) is 1. The van der Waals surface area contributed by atoms with Crippen molar-refractivity contribution in [2.45, 2.75) is 63.3 Å². The fraction of sp³-hybridized carbons (Fsp3) is 0.469. The van der Waals surface area contributed by atoms with Crippen molar-refractivity contribution in [3.05, 3.63) is 75.2 Å². The topological polar surface area (TPSA) is 87.7 Å². The quantitative estimate of drug-likeness (QED) is 0.372. The third-order valence-electron chi connectivity index (χ3n) is 9.64. The summed E-state index contributed by atoms with van der Waals surface area (Å²) < 4.78 is 6.48. The Morgan fingerprint density at radius 3 is 2.43 bits per heavy atom. The number of anilines is 1. The van der Waals surface area contributed by atoms with Gasteiger partial charge in [0.15, 0.2) is 0 Å². The van der Waals surface area contributed by atoms with Gasteiger partial charge < -0.3 is 20.3 Å². The summed E-state index contributed by atoms with van der Waals surface area (Å²) in [6.45, 7) is 4.69. The monoisotopic (exact) mass is 629 g/mol. The number of likely N-dealkylation sites (tertiary alicyclic amines) is 1. The molecule has 2 aromatic rings. The zero-order chi connectivity index (χ0) is 29.8. The van der Waals surface area contributed by atoms with Crippen molar-refractivity contribution < 1.29 is 19.1 Å². The zero-order valence-electron chi connectivity index (χ0n) is 23.5. The molecule has 10 heteroatoms. The van der Waals surface area contributed by atoms with Gasteiger partial charge in [-0.2, -0.15) is 0 Å². The van der Waals surface area contributed by atoms with Crippen molar-refractivity contribution in [2.75, 3.05) is 11.9 Å². The molecule has 222 valence electrons. The fourth-order valence-electron chi connectivity index (χ4n) is 7.31. The van der Waals surface area contributed by atoms with Gasteiger partial charge in [-0.3, -0.25) is 14.4 Å². The van der Waals surface area contributed by atoms with Gasteiger partial charge in [0.1, 0.15) is 11.6 Å². The van der Waals surface area contributed by atoms with Crippen LogP contribution >= 0.6 is 34.8 Å². The highest BCUT2D eigenvalue weighted by atomic mass is 35.5. The summed E-state index contributed by atoms with van der Waals surface area (Å²) in [5.74, 6) is -1.72. The molecule has 3 aliphatic heterocycles. The van der Waals surface area contributed by atoms with E-state index in [2.05, 4.69) is 24.5 Å². The van der Waals surface area contributed by atoms with Crippen LogP contribution in [0.4, 0.5) is 5.69 Å². The molecular weight excluding hydrogens is 597 g/mol. The van der Waals surface area contributed by atoms with Crippen molar-refractivity contribution >= 4 is 58.2 Å². The average molecular weight is 631 g/mol. The molecule has 3 fully saturated rings. The molecule has 1 saturated carbocycles. The predicted molar refractivity (Wildman–Crippen MR) is 164 cm³/mol. The molecule has 1 spiro atoms. The van der Waals surface area contributed by atoms with Gasteiger partial charge in [-0.15, -0.1) is 0 Å². The van der Waals surface area contributed by atoms with Gasteiger partial charge in [0.05, 0.1) is 17.9 Å². The van der Waals surface area contributed by atoms with Crippen molar-refractivity contribution in [1.29, 1.82) is 0 Å². The van der Waals surface area contributed by atoms with Crippen molar-refractivity contribution in [3.8, 4) is 0 Å². The summed E-state index contributed by atoms with van der Waals surface area (Å²) in [5, 5.41) is 7.55.